The molecule has 0 spiro atoms. The standard InChI is InChI=1S/C40H78N4O4/c1-3-5-7-9-11-13-15-18-29-42(32-22-24-37-45)31-20-17-21-35-44(36-28-41-39-47)40(48)27-26-34-43(33-23-25-38-46)30-19-16-14-12-10-8-6-4-2/h37-39H,3-36H2,1-2H3,(H,41,47). The Morgan fingerprint density at radius 2 is 0.833 bits per heavy atom. The smallest absolute Gasteiger partial charge is 0.222 e. The largest absolute Gasteiger partial charge is 0.357 e. The van der Waals surface area contributed by atoms with Crippen molar-refractivity contribution in [1.29, 1.82) is 0 Å². The maximum Gasteiger partial charge on any atom is 0.222 e. The maximum atomic E-state index is 13.3. The van der Waals surface area contributed by atoms with Gasteiger partial charge in [0.15, 0.2) is 0 Å². The van der Waals surface area contributed by atoms with Crippen molar-refractivity contribution in [2.24, 2.45) is 0 Å². The first-order valence-electron chi connectivity index (χ1n) is 20.4. The Morgan fingerprint density at radius 1 is 0.458 bits per heavy atom. The van der Waals surface area contributed by atoms with E-state index in [1.54, 1.807) is 0 Å². The van der Waals surface area contributed by atoms with Gasteiger partial charge in [0, 0.05) is 38.9 Å². The molecule has 0 aliphatic rings. The predicted molar refractivity (Wildman–Crippen MR) is 202 cm³/mol. The van der Waals surface area contributed by atoms with Crippen molar-refractivity contribution >= 4 is 24.9 Å². The van der Waals surface area contributed by atoms with Gasteiger partial charge >= 0.3 is 0 Å². The van der Waals surface area contributed by atoms with Gasteiger partial charge in [-0.25, -0.2) is 0 Å². The molecule has 48 heavy (non-hydrogen) atoms. The number of nitrogens with zero attached hydrogens (tertiary/aromatic N) is 3. The second-order valence-electron chi connectivity index (χ2n) is 13.9. The molecule has 0 radical (unpaired) electrons. The Morgan fingerprint density at radius 3 is 1.27 bits per heavy atom. The van der Waals surface area contributed by atoms with Crippen LogP contribution in [0.25, 0.3) is 0 Å². The van der Waals surface area contributed by atoms with Crippen LogP contribution >= 0.6 is 0 Å². The first kappa shape index (κ1) is 46.2. The summed E-state index contributed by atoms with van der Waals surface area (Å²) in [7, 11) is 0. The van der Waals surface area contributed by atoms with Gasteiger partial charge in [0.25, 0.3) is 0 Å². The lowest BCUT2D eigenvalue weighted by Crippen LogP contribution is -2.38. The van der Waals surface area contributed by atoms with E-state index in [2.05, 4.69) is 29.0 Å². The van der Waals surface area contributed by atoms with E-state index in [0.29, 0.717) is 38.8 Å². The van der Waals surface area contributed by atoms with Crippen LogP contribution in [0.5, 0.6) is 0 Å². The quantitative estimate of drug-likeness (QED) is 0.0518. The molecule has 282 valence electrons. The van der Waals surface area contributed by atoms with Crippen molar-refractivity contribution in [2.45, 2.75) is 174 Å². The van der Waals surface area contributed by atoms with Crippen molar-refractivity contribution in [3.05, 3.63) is 0 Å². The third kappa shape index (κ3) is 31.5. The second kappa shape index (κ2) is 38.0. The van der Waals surface area contributed by atoms with Gasteiger partial charge in [-0.3, -0.25) is 9.59 Å². The molecule has 8 nitrogen and oxygen atoms in total. The number of unbranched alkanes of at least 4 members (excludes halogenated alkanes) is 18. The van der Waals surface area contributed by atoms with E-state index in [9.17, 15) is 19.2 Å². The molecule has 2 amide bonds. The third-order valence-electron chi connectivity index (χ3n) is 9.48. The fraction of sp³-hybridized carbons (Fsp3) is 0.900. The minimum absolute atomic E-state index is 0.174. The van der Waals surface area contributed by atoms with Crippen molar-refractivity contribution in [1.82, 2.24) is 20.0 Å². The van der Waals surface area contributed by atoms with Gasteiger partial charge in [0.2, 0.25) is 12.3 Å². The molecule has 8 heteroatoms. The maximum absolute atomic E-state index is 13.3. The molecule has 0 aliphatic heterocycles. The highest BCUT2D eigenvalue weighted by Gasteiger charge is 2.14. The SMILES string of the molecule is CCCCCCCCCCN(CCCC=O)CCCCCN(CCNC=O)C(=O)CCCN(CCCC=O)CCCCCCCCCC. The van der Waals surface area contributed by atoms with Gasteiger partial charge in [-0.1, -0.05) is 110 Å². The van der Waals surface area contributed by atoms with Crippen LogP contribution in [0, 0.1) is 0 Å². The minimum Gasteiger partial charge on any atom is -0.357 e. The van der Waals surface area contributed by atoms with Gasteiger partial charge in [-0.15, -0.1) is 0 Å². The zero-order valence-corrected chi connectivity index (χ0v) is 31.7. The summed E-state index contributed by atoms with van der Waals surface area (Å²) in [6.07, 6.45) is 31.2. The molecule has 0 fully saturated rings. The summed E-state index contributed by atoms with van der Waals surface area (Å²) in [5, 5.41) is 2.72. The first-order chi connectivity index (χ1) is 23.6. The van der Waals surface area contributed by atoms with Crippen LogP contribution in [0.3, 0.4) is 0 Å². The van der Waals surface area contributed by atoms with Crippen molar-refractivity contribution in [3.8, 4) is 0 Å². The molecule has 0 aromatic heterocycles. The van der Waals surface area contributed by atoms with Crippen molar-refractivity contribution in [2.75, 3.05) is 58.9 Å². The zero-order valence-electron chi connectivity index (χ0n) is 31.7. The Balaban J connectivity index is 4.59. The Kier molecular flexibility index (Phi) is 36.6. The average molecular weight is 679 g/mol. The predicted octanol–water partition coefficient (Wildman–Crippen LogP) is 8.36. The number of hydrogen-bond donors (Lipinski definition) is 1. The van der Waals surface area contributed by atoms with Crippen LogP contribution in [0.15, 0.2) is 0 Å². The van der Waals surface area contributed by atoms with Gasteiger partial charge < -0.3 is 29.6 Å². The summed E-state index contributed by atoms with van der Waals surface area (Å²) in [5.74, 6) is 0.174. The number of nitrogens with one attached hydrogen (secondary N) is 1. The minimum atomic E-state index is 0.174. The Hall–Kier alpha value is -1.80. The number of rotatable bonds is 40. The van der Waals surface area contributed by atoms with Crippen LogP contribution in [0.4, 0.5) is 0 Å². The normalized spacial score (nSPS) is 11.3. The molecular formula is C40H78N4O4. The van der Waals surface area contributed by atoms with E-state index in [4.69, 9.17) is 0 Å². The highest BCUT2D eigenvalue weighted by molar-refractivity contribution is 5.76. The number of aldehydes is 2. The fourth-order valence-corrected chi connectivity index (χ4v) is 6.45. The zero-order chi connectivity index (χ0) is 35.2. The number of carbonyl (C=O) groups excluding carboxylic acids is 4. The van der Waals surface area contributed by atoms with E-state index in [0.717, 1.165) is 96.9 Å². The Labute approximate surface area is 296 Å². The molecule has 0 bridgehead atoms. The molecule has 0 rings (SSSR count). The third-order valence-corrected chi connectivity index (χ3v) is 9.48. The second-order valence-corrected chi connectivity index (χ2v) is 13.9. The first-order valence-corrected chi connectivity index (χ1v) is 20.4. The van der Waals surface area contributed by atoms with Gasteiger partial charge in [0.05, 0.1) is 0 Å². The van der Waals surface area contributed by atoms with Crippen molar-refractivity contribution in [3.63, 3.8) is 0 Å². The topological polar surface area (TPSA) is 90.0 Å². The summed E-state index contributed by atoms with van der Waals surface area (Å²) in [6, 6.07) is 0. The van der Waals surface area contributed by atoms with E-state index in [1.165, 1.54) is 103 Å². The van der Waals surface area contributed by atoms with Gasteiger partial charge in [-0.05, 0) is 84.2 Å². The van der Waals surface area contributed by atoms with Gasteiger partial charge in [-0.2, -0.15) is 0 Å². The molecule has 1 N–H and O–H groups in total. The Bertz CT molecular complexity index is 723. The summed E-state index contributed by atoms with van der Waals surface area (Å²) in [6.45, 7) is 12.3. The number of amides is 2. The average Bonchev–Trinajstić information content (AvgIpc) is 3.09. The molecule has 0 heterocycles. The monoisotopic (exact) mass is 679 g/mol. The van der Waals surface area contributed by atoms with E-state index in [-0.39, 0.29) is 5.91 Å². The summed E-state index contributed by atoms with van der Waals surface area (Å²) in [5.41, 5.74) is 0. The molecule has 0 saturated carbocycles. The lowest BCUT2D eigenvalue weighted by atomic mass is 10.1. The number of hydrogen-bond acceptors (Lipinski definition) is 6. The van der Waals surface area contributed by atoms with E-state index < -0.39 is 0 Å². The van der Waals surface area contributed by atoms with E-state index >= 15 is 0 Å². The molecule has 0 atom stereocenters. The van der Waals surface area contributed by atoms with Crippen LogP contribution in [0.2, 0.25) is 0 Å². The van der Waals surface area contributed by atoms with Crippen molar-refractivity contribution < 1.29 is 19.2 Å². The van der Waals surface area contributed by atoms with Crippen LogP contribution in [0.1, 0.15) is 174 Å². The molecule has 0 aliphatic carbocycles. The summed E-state index contributed by atoms with van der Waals surface area (Å²) >= 11 is 0. The van der Waals surface area contributed by atoms with Crippen LogP contribution < -0.4 is 5.32 Å². The fourth-order valence-electron chi connectivity index (χ4n) is 6.45. The highest BCUT2D eigenvalue weighted by atomic mass is 16.2. The lowest BCUT2D eigenvalue weighted by Gasteiger charge is -2.25. The lowest BCUT2D eigenvalue weighted by molar-refractivity contribution is -0.131. The van der Waals surface area contributed by atoms with Crippen LogP contribution in [-0.4, -0.2) is 98.5 Å². The van der Waals surface area contributed by atoms with Crippen LogP contribution in [-0.2, 0) is 19.2 Å². The van der Waals surface area contributed by atoms with E-state index in [1.807, 2.05) is 4.90 Å². The molecule has 0 unspecified atom stereocenters. The van der Waals surface area contributed by atoms with Gasteiger partial charge in [0.1, 0.15) is 12.6 Å². The number of carbonyl (C=O) groups is 4. The molecular weight excluding hydrogens is 600 g/mol. The molecule has 0 aromatic rings. The molecule has 0 aromatic carbocycles. The summed E-state index contributed by atoms with van der Waals surface area (Å²) in [4.78, 5) is 52.8. The summed E-state index contributed by atoms with van der Waals surface area (Å²) < 4.78 is 0. The highest BCUT2D eigenvalue weighted by Crippen LogP contribution is 2.12. The molecule has 0 saturated heterocycles.